The van der Waals surface area contributed by atoms with Crippen molar-refractivity contribution >= 4 is 35.8 Å². The summed E-state index contributed by atoms with van der Waals surface area (Å²) in [6.45, 7) is 7.13. The van der Waals surface area contributed by atoms with E-state index in [1.54, 1.807) is 7.05 Å². The minimum absolute atomic E-state index is 0. The largest absolute Gasteiger partial charge is 0.355 e. The van der Waals surface area contributed by atoms with Crippen molar-refractivity contribution in [1.29, 1.82) is 0 Å². The molecule has 2 rings (SSSR count). The van der Waals surface area contributed by atoms with E-state index in [1.807, 2.05) is 6.92 Å². The Morgan fingerprint density at radius 3 is 2.33 bits per heavy atom. The van der Waals surface area contributed by atoms with Crippen LogP contribution in [0.1, 0.15) is 43.7 Å². The molecule has 1 amide bonds. The number of hydrogen-bond acceptors (Lipinski definition) is 3. The van der Waals surface area contributed by atoms with Crippen LogP contribution in [0.15, 0.2) is 29.3 Å². The first-order chi connectivity index (χ1) is 12.7. The van der Waals surface area contributed by atoms with E-state index in [4.69, 9.17) is 0 Å². The normalized spacial score (nSPS) is 15.0. The Hall–Kier alpha value is -1.35. The third-order valence-electron chi connectivity index (χ3n) is 4.55. The van der Waals surface area contributed by atoms with Gasteiger partial charge in [0.25, 0.3) is 0 Å². The molecule has 1 aromatic carbocycles. The fraction of sp³-hybridized carbons (Fsp3) is 0.600. The van der Waals surface area contributed by atoms with Gasteiger partial charge in [0.1, 0.15) is 0 Å². The molecule has 1 aliphatic heterocycles. The molecule has 0 aromatic heterocycles. The highest BCUT2D eigenvalue weighted by molar-refractivity contribution is 14.0. The second-order valence-corrected chi connectivity index (χ2v) is 6.78. The van der Waals surface area contributed by atoms with Crippen LogP contribution in [-0.4, -0.2) is 50.0 Å². The molecule has 7 heteroatoms. The number of carbonyl (C=O) groups is 1. The van der Waals surface area contributed by atoms with Gasteiger partial charge in [-0.2, -0.15) is 0 Å². The lowest BCUT2D eigenvalue weighted by atomic mass is 10.1. The fourth-order valence-electron chi connectivity index (χ4n) is 3.04. The topological polar surface area (TPSA) is 68.8 Å². The fourth-order valence-corrected chi connectivity index (χ4v) is 3.04. The van der Waals surface area contributed by atoms with Gasteiger partial charge >= 0.3 is 0 Å². The number of likely N-dealkylation sites (tertiary alicyclic amines) is 1. The number of aliphatic imine (C=N–C) groups is 1. The Morgan fingerprint density at radius 2 is 1.70 bits per heavy atom. The summed E-state index contributed by atoms with van der Waals surface area (Å²) in [7, 11) is 1.71. The number of carbonyl (C=O) groups excluding carboxylic acids is 1. The lowest BCUT2D eigenvalue weighted by Crippen LogP contribution is -2.43. The van der Waals surface area contributed by atoms with Crippen LogP contribution in [0.3, 0.4) is 0 Å². The first-order valence-corrected chi connectivity index (χ1v) is 9.72. The van der Waals surface area contributed by atoms with Gasteiger partial charge in [0.05, 0.1) is 6.54 Å². The number of halogens is 1. The van der Waals surface area contributed by atoms with Gasteiger partial charge in [-0.25, -0.2) is 0 Å². The standard InChI is InChI=1S/C20H33N5O.HI/c1-3-11-22-19(26)15-24-20(21-2)23-14-17-7-9-18(10-8-17)16-25-12-5-4-6-13-25;/h7-10H,3-6,11-16H2,1-2H3,(H,22,26)(H2,21,23,24);1H. The summed E-state index contributed by atoms with van der Waals surface area (Å²) in [4.78, 5) is 18.3. The van der Waals surface area contributed by atoms with E-state index in [1.165, 1.54) is 43.5 Å². The Balaban J connectivity index is 0.00000364. The number of guanidine groups is 1. The lowest BCUT2D eigenvalue weighted by molar-refractivity contribution is -0.120. The second-order valence-electron chi connectivity index (χ2n) is 6.78. The molecule has 1 saturated heterocycles. The highest BCUT2D eigenvalue weighted by Crippen LogP contribution is 2.13. The van der Waals surface area contributed by atoms with Gasteiger partial charge in [-0.15, -0.1) is 24.0 Å². The van der Waals surface area contributed by atoms with Gasteiger partial charge in [0.15, 0.2) is 5.96 Å². The number of piperidine rings is 1. The molecule has 0 atom stereocenters. The van der Waals surface area contributed by atoms with Crippen molar-refractivity contribution in [2.24, 2.45) is 4.99 Å². The van der Waals surface area contributed by atoms with Crippen LogP contribution in [-0.2, 0) is 17.9 Å². The lowest BCUT2D eigenvalue weighted by Gasteiger charge is -2.26. The van der Waals surface area contributed by atoms with Crippen LogP contribution >= 0.6 is 24.0 Å². The summed E-state index contributed by atoms with van der Waals surface area (Å²) in [5.74, 6) is 0.617. The maximum absolute atomic E-state index is 11.6. The van der Waals surface area contributed by atoms with E-state index in [0.717, 1.165) is 13.0 Å². The molecule has 3 N–H and O–H groups in total. The molecule has 1 heterocycles. The van der Waals surface area contributed by atoms with Gasteiger partial charge in [-0.1, -0.05) is 37.6 Å². The van der Waals surface area contributed by atoms with Gasteiger partial charge in [0, 0.05) is 26.7 Å². The number of rotatable bonds is 8. The smallest absolute Gasteiger partial charge is 0.239 e. The molecule has 0 spiro atoms. The molecule has 0 radical (unpaired) electrons. The highest BCUT2D eigenvalue weighted by Gasteiger charge is 2.10. The summed E-state index contributed by atoms with van der Waals surface area (Å²) < 4.78 is 0. The van der Waals surface area contributed by atoms with E-state index < -0.39 is 0 Å². The van der Waals surface area contributed by atoms with Crippen LogP contribution in [0.25, 0.3) is 0 Å². The van der Waals surface area contributed by atoms with E-state index in [9.17, 15) is 4.79 Å². The minimum Gasteiger partial charge on any atom is -0.355 e. The number of amides is 1. The predicted molar refractivity (Wildman–Crippen MR) is 122 cm³/mol. The van der Waals surface area contributed by atoms with Crippen molar-refractivity contribution in [2.45, 2.75) is 45.7 Å². The van der Waals surface area contributed by atoms with Gasteiger partial charge in [-0.05, 0) is 43.5 Å². The Bertz CT molecular complexity index is 570. The maximum atomic E-state index is 11.6. The summed E-state index contributed by atoms with van der Waals surface area (Å²) in [6, 6.07) is 8.74. The van der Waals surface area contributed by atoms with Crippen molar-refractivity contribution in [3.05, 3.63) is 35.4 Å². The highest BCUT2D eigenvalue weighted by atomic mass is 127. The summed E-state index contributed by atoms with van der Waals surface area (Å²) in [5, 5.41) is 9.12. The molecule has 1 aromatic rings. The summed E-state index contributed by atoms with van der Waals surface area (Å²) in [5.41, 5.74) is 2.57. The zero-order chi connectivity index (χ0) is 18.6. The molecule has 1 fully saturated rings. The third kappa shape index (κ3) is 9.41. The maximum Gasteiger partial charge on any atom is 0.239 e. The summed E-state index contributed by atoms with van der Waals surface area (Å²) >= 11 is 0. The molecule has 152 valence electrons. The van der Waals surface area contributed by atoms with E-state index in [0.29, 0.717) is 19.0 Å². The molecule has 6 nitrogen and oxygen atoms in total. The molecule has 0 saturated carbocycles. The van der Waals surface area contributed by atoms with E-state index >= 15 is 0 Å². The first-order valence-electron chi connectivity index (χ1n) is 9.72. The number of benzene rings is 1. The van der Waals surface area contributed by atoms with Crippen molar-refractivity contribution in [1.82, 2.24) is 20.9 Å². The molecule has 1 aliphatic rings. The zero-order valence-electron chi connectivity index (χ0n) is 16.6. The molecule has 27 heavy (non-hydrogen) atoms. The molecule has 0 bridgehead atoms. The average Bonchev–Trinajstić information content (AvgIpc) is 2.68. The van der Waals surface area contributed by atoms with Crippen molar-refractivity contribution in [2.75, 3.05) is 33.2 Å². The van der Waals surface area contributed by atoms with Crippen LogP contribution in [0, 0.1) is 0 Å². The van der Waals surface area contributed by atoms with Crippen LogP contribution in [0.2, 0.25) is 0 Å². The third-order valence-corrected chi connectivity index (χ3v) is 4.55. The molecule has 0 unspecified atom stereocenters. The number of nitrogens with zero attached hydrogens (tertiary/aromatic N) is 2. The molecule has 0 aliphatic carbocycles. The Kier molecular flexibility index (Phi) is 12.1. The molecular weight excluding hydrogens is 453 g/mol. The van der Waals surface area contributed by atoms with E-state index in [-0.39, 0.29) is 36.4 Å². The Labute approximate surface area is 180 Å². The number of nitrogens with one attached hydrogen (secondary N) is 3. The van der Waals surface area contributed by atoms with Crippen molar-refractivity contribution in [3.63, 3.8) is 0 Å². The summed E-state index contributed by atoms with van der Waals surface area (Å²) in [6.07, 6.45) is 4.96. The monoisotopic (exact) mass is 487 g/mol. The van der Waals surface area contributed by atoms with E-state index in [2.05, 4.69) is 50.1 Å². The van der Waals surface area contributed by atoms with Crippen molar-refractivity contribution < 1.29 is 4.79 Å². The first kappa shape index (κ1) is 23.7. The van der Waals surface area contributed by atoms with Gasteiger partial charge in [0.2, 0.25) is 5.91 Å². The van der Waals surface area contributed by atoms with Crippen LogP contribution < -0.4 is 16.0 Å². The molecular formula is C20H34IN5O. The van der Waals surface area contributed by atoms with Crippen LogP contribution in [0.5, 0.6) is 0 Å². The van der Waals surface area contributed by atoms with Gasteiger partial charge in [-0.3, -0.25) is 14.7 Å². The second kappa shape index (κ2) is 13.8. The van der Waals surface area contributed by atoms with Gasteiger partial charge < -0.3 is 16.0 Å². The quantitative estimate of drug-likeness (QED) is 0.300. The van der Waals surface area contributed by atoms with Crippen molar-refractivity contribution in [3.8, 4) is 0 Å². The Morgan fingerprint density at radius 1 is 1.04 bits per heavy atom. The number of hydrogen-bond donors (Lipinski definition) is 3. The SMILES string of the molecule is CCCNC(=O)CNC(=NC)NCc1ccc(CN2CCCCC2)cc1.I. The zero-order valence-corrected chi connectivity index (χ0v) is 18.9. The predicted octanol–water partition coefficient (Wildman–Crippen LogP) is 2.48. The minimum atomic E-state index is -0.0168. The average molecular weight is 487 g/mol. The van der Waals surface area contributed by atoms with Crippen LogP contribution in [0.4, 0.5) is 0 Å².